The quantitative estimate of drug-likeness (QED) is 0.572. The van der Waals surface area contributed by atoms with Gasteiger partial charge >= 0.3 is 5.97 Å². The van der Waals surface area contributed by atoms with Crippen molar-refractivity contribution in [2.45, 2.75) is 19.9 Å². The second-order valence-corrected chi connectivity index (χ2v) is 4.27. The van der Waals surface area contributed by atoms with Gasteiger partial charge in [0.15, 0.2) is 6.04 Å². The highest BCUT2D eigenvalue weighted by molar-refractivity contribution is 6.25. The Hall–Kier alpha value is -1.59. The molecule has 0 aliphatic rings. The first-order valence-electron chi connectivity index (χ1n) is 6.40. The van der Waals surface area contributed by atoms with Gasteiger partial charge in [0.05, 0.1) is 13.2 Å². The molecule has 110 valence electrons. The Morgan fingerprint density at radius 1 is 1.20 bits per heavy atom. The molecule has 1 amide bonds. The second kappa shape index (κ2) is 8.55. The molecule has 0 N–H and O–H groups in total. The number of benzene rings is 1. The minimum absolute atomic E-state index is 0.00257. The average Bonchev–Trinajstić information content (AvgIpc) is 2.48. The van der Waals surface area contributed by atoms with Crippen molar-refractivity contribution in [2.75, 3.05) is 19.8 Å². The Labute approximate surface area is 123 Å². The van der Waals surface area contributed by atoms with E-state index in [-0.39, 0.29) is 13.2 Å². The van der Waals surface area contributed by atoms with Crippen LogP contribution in [0.2, 0.25) is 0 Å². The predicted molar refractivity (Wildman–Crippen MR) is 75.4 cm³/mol. The third-order valence-electron chi connectivity index (χ3n) is 2.53. The minimum atomic E-state index is -0.968. The van der Waals surface area contributed by atoms with E-state index >= 15 is 0 Å². The second-order valence-electron chi connectivity index (χ2n) is 3.91. The molecule has 0 bridgehead atoms. The lowest BCUT2D eigenvalue weighted by atomic mass is 10.2. The van der Waals surface area contributed by atoms with Crippen molar-refractivity contribution in [3.63, 3.8) is 0 Å². The van der Waals surface area contributed by atoms with E-state index in [9.17, 15) is 9.59 Å². The number of amides is 1. The average molecular weight is 300 g/mol. The summed E-state index contributed by atoms with van der Waals surface area (Å²) in [5.74, 6) is -1.05. The normalized spacial score (nSPS) is 11.8. The molecule has 0 heterocycles. The van der Waals surface area contributed by atoms with Crippen molar-refractivity contribution in [1.29, 1.82) is 0 Å². The number of esters is 1. The van der Waals surface area contributed by atoms with Gasteiger partial charge in [0, 0.05) is 23.9 Å². The van der Waals surface area contributed by atoms with Crippen LogP contribution in [0, 0.1) is 0 Å². The summed E-state index contributed by atoms with van der Waals surface area (Å²) in [4.78, 5) is 24.0. The van der Waals surface area contributed by atoms with Gasteiger partial charge < -0.3 is 9.47 Å². The summed E-state index contributed by atoms with van der Waals surface area (Å²) in [5, 5.41) is 0. The van der Waals surface area contributed by atoms with Crippen LogP contribution in [0.15, 0.2) is 30.3 Å². The topological polar surface area (TPSA) is 55.8 Å². The van der Waals surface area contributed by atoms with Crippen LogP contribution in [-0.2, 0) is 14.3 Å². The van der Waals surface area contributed by atoms with Gasteiger partial charge in [-0.05, 0) is 26.0 Å². The van der Waals surface area contributed by atoms with Crippen molar-refractivity contribution < 1.29 is 19.1 Å². The van der Waals surface area contributed by atoms with Crippen molar-refractivity contribution >= 4 is 23.7 Å². The molecule has 5 nitrogen and oxygen atoms in total. The van der Waals surface area contributed by atoms with E-state index in [1.807, 2.05) is 0 Å². The van der Waals surface area contributed by atoms with Crippen LogP contribution >= 0.6 is 11.8 Å². The van der Waals surface area contributed by atoms with Gasteiger partial charge in [-0.2, -0.15) is 0 Å². The number of nitrogens with zero attached hydrogens (tertiary/aromatic N) is 1. The summed E-state index contributed by atoms with van der Waals surface area (Å²) in [7, 11) is 0. The van der Waals surface area contributed by atoms with Gasteiger partial charge in [0.1, 0.15) is 0 Å². The van der Waals surface area contributed by atoms with Crippen molar-refractivity contribution in [3.8, 4) is 0 Å². The molecule has 0 fully saturated rings. The fraction of sp³-hybridized carbons (Fsp3) is 0.429. The molecule has 0 aliphatic heterocycles. The summed E-state index contributed by atoms with van der Waals surface area (Å²) in [6, 6.07) is 7.52. The number of ether oxygens (including phenoxy) is 2. The fourth-order valence-corrected chi connectivity index (χ4v) is 1.77. The van der Waals surface area contributed by atoms with Crippen molar-refractivity contribution in [3.05, 3.63) is 35.9 Å². The fourth-order valence-electron chi connectivity index (χ4n) is 1.54. The van der Waals surface area contributed by atoms with Crippen LogP contribution in [0.3, 0.4) is 0 Å². The Bertz CT molecular complexity index is 438. The molecule has 1 rings (SSSR count). The first kappa shape index (κ1) is 16.5. The maximum atomic E-state index is 12.2. The van der Waals surface area contributed by atoms with Crippen molar-refractivity contribution in [1.82, 2.24) is 4.42 Å². The first-order valence-corrected chi connectivity index (χ1v) is 6.74. The highest BCUT2D eigenvalue weighted by atomic mass is 35.5. The zero-order valence-corrected chi connectivity index (χ0v) is 12.3. The predicted octanol–water partition coefficient (Wildman–Crippen LogP) is 2.25. The molecule has 1 atom stereocenters. The van der Waals surface area contributed by atoms with Crippen molar-refractivity contribution in [2.24, 2.45) is 0 Å². The van der Waals surface area contributed by atoms with Crippen LogP contribution < -0.4 is 0 Å². The van der Waals surface area contributed by atoms with Crippen LogP contribution in [0.5, 0.6) is 0 Å². The largest absolute Gasteiger partial charge is 0.464 e. The number of carbonyl (C=O) groups is 2. The number of carbonyl (C=O) groups excluding carboxylic acids is 2. The Morgan fingerprint density at radius 3 is 2.40 bits per heavy atom. The van der Waals surface area contributed by atoms with Crippen LogP contribution in [-0.4, -0.2) is 42.2 Å². The Morgan fingerprint density at radius 2 is 1.85 bits per heavy atom. The molecule has 1 aromatic carbocycles. The number of rotatable bonds is 7. The molecule has 0 aliphatic carbocycles. The zero-order valence-electron chi connectivity index (χ0n) is 11.5. The molecule has 20 heavy (non-hydrogen) atoms. The number of halogens is 1. The highest BCUT2D eigenvalue weighted by Crippen LogP contribution is 2.13. The van der Waals surface area contributed by atoms with E-state index < -0.39 is 17.9 Å². The lowest BCUT2D eigenvalue weighted by molar-refractivity contribution is -0.149. The molecule has 0 aromatic heterocycles. The van der Waals surface area contributed by atoms with Gasteiger partial charge in [-0.3, -0.25) is 4.79 Å². The maximum Gasteiger partial charge on any atom is 0.332 e. The smallest absolute Gasteiger partial charge is 0.332 e. The van der Waals surface area contributed by atoms with Gasteiger partial charge in [-0.1, -0.05) is 18.2 Å². The number of hydrogen-bond acceptors (Lipinski definition) is 4. The lowest BCUT2D eigenvalue weighted by Gasteiger charge is -2.23. The summed E-state index contributed by atoms with van der Waals surface area (Å²) < 4.78 is 10.9. The Balaban J connectivity index is 2.83. The van der Waals surface area contributed by atoms with Gasteiger partial charge in [0.2, 0.25) is 0 Å². The van der Waals surface area contributed by atoms with E-state index in [0.29, 0.717) is 12.2 Å². The standard InChI is InChI=1S/C14H18ClNO4/c1-3-19-10-12(14(18)20-4-2)16(15)13(17)11-8-6-5-7-9-11/h5-9,12H,3-4,10H2,1-2H3. The maximum absolute atomic E-state index is 12.2. The SMILES string of the molecule is CCOCC(C(=O)OCC)N(Cl)C(=O)c1ccccc1. The molecule has 0 saturated heterocycles. The molecule has 1 aromatic rings. The summed E-state index contributed by atoms with van der Waals surface area (Å²) in [6.45, 7) is 4.11. The molecule has 0 saturated carbocycles. The molecule has 0 radical (unpaired) electrons. The molecule has 6 heteroatoms. The van der Waals surface area contributed by atoms with Crippen LogP contribution in [0.1, 0.15) is 24.2 Å². The van der Waals surface area contributed by atoms with E-state index in [2.05, 4.69) is 0 Å². The zero-order chi connectivity index (χ0) is 15.0. The Kier molecular flexibility index (Phi) is 7.04. The summed E-state index contributed by atoms with van der Waals surface area (Å²) in [5.41, 5.74) is 0.397. The summed E-state index contributed by atoms with van der Waals surface area (Å²) in [6.07, 6.45) is 0. The monoisotopic (exact) mass is 299 g/mol. The third kappa shape index (κ3) is 4.51. The molecule has 0 spiro atoms. The van der Waals surface area contributed by atoms with Gasteiger partial charge in [0.25, 0.3) is 5.91 Å². The molecule has 1 unspecified atom stereocenters. The van der Waals surface area contributed by atoms with E-state index in [0.717, 1.165) is 4.42 Å². The number of hydrogen-bond donors (Lipinski definition) is 0. The van der Waals surface area contributed by atoms with E-state index in [1.54, 1.807) is 44.2 Å². The van der Waals surface area contributed by atoms with Crippen LogP contribution in [0.4, 0.5) is 0 Å². The third-order valence-corrected chi connectivity index (χ3v) is 2.92. The van der Waals surface area contributed by atoms with Gasteiger partial charge in [-0.25, -0.2) is 9.21 Å². The van der Waals surface area contributed by atoms with Gasteiger partial charge in [-0.15, -0.1) is 0 Å². The minimum Gasteiger partial charge on any atom is -0.464 e. The first-order chi connectivity index (χ1) is 9.61. The van der Waals surface area contributed by atoms with E-state index in [4.69, 9.17) is 21.3 Å². The highest BCUT2D eigenvalue weighted by Gasteiger charge is 2.31. The van der Waals surface area contributed by atoms with Crippen LogP contribution in [0.25, 0.3) is 0 Å². The molecular weight excluding hydrogens is 282 g/mol. The lowest BCUT2D eigenvalue weighted by Crippen LogP contribution is -2.43. The molecular formula is C14H18ClNO4. The summed E-state index contributed by atoms with van der Waals surface area (Å²) >= 11 is 6.00. The van der Waals surface area contributed by atoms with E-state index in [1.165, 1.54) is 0 Å².